The van der Waals surface area contributed by atoms with Gasteiger partial charge in [-0.2, -0.15) is 5.10 Å². The van der Waals surface area contributed by atoms with Gasteiger partial charge in [-0.3, -0.25) is 24.3 Å². The highest BCUT2D eigenvalue weighted by Crippen LogP contribution is 2.26. The normalized spacial score (nSPS) is 14.9. The largest absolute Gasteiger partial charge is 0.348 e. The molecule has 2 heterocycles. The number of rotatable bonds is 8. The Morgan fingerprint density at radius 3 is 2.36 bits per heavy atom. The van der Waals surface area contributed by atoms with Gasteiger partial charge in [0.1, 0.15) is 6.04 Å². The van der Waals surface area contributed by atoms with Crippen molar-refractivity contribution in [3.63, 3.8) is 0 Å². The average Bonchev–Trinajstić information content (AvgIpc) is 3.30. The van der Waals surface area contributed by atoms with E-state index in [1.165, 1.54) is 18.3 Å². The van der Waals surface area contributed by atoms with Gasteiger partial charge in [0.2, 0.25) is 11.8 Å². The van der Waals surface area contributed by atoms with Crippen LogP contribution in [0.2, 0.25) is 10.0 Å². The molecule has 0 aliphatic carbocycles. The summed E-state index contributed by atoms with van der Waals surface area (Å²) in [5.74, 6) is -1.71. The molecule has 13 heteroatoms. The number of H-pyrrole nitrogens is 1. The summed E-state index contributed by atoms with van der Waals surface area (Å²) in [4.78, 5) is 51.9. The Kier molecular flexibility index (Phi) is 9.30. The van der Waals surface area contributed by atoms with Crippen molar-refractivity contribution in [2.24, 2.45) is 11.7 Å². The van der Waals surface area contributed by atoms with Crippen LogP contribution in [0.4, 0.5) is 5.69 Å². The van der Waals surface area contributed by atoms with E-state index in [-0.39, 0.29) is 57.3 Å². The molecule has 1 aromatic heterocycles. The number of nitrogens with two attached hydrogens (primary N) is 1. The molecule has 1 fully saturated rings. The van der Waals surface area contributed by atoms with Crippen molar-refractivity contribution >= 4 is 52.5 Å². The van der Waals surface area contributed by atoms with Gasteiger partial charge in [0.25, 0.3) is 11.8 Å². The van der Waals surface area contributed by atoms with Crippen LogP contribution in [0, 0.1) is 5.92 Å². The number of hydrogen-bond donors (Lipinski definition) is 5. The first kappa shape index (κ1) is 27.4. The number of nitrogens with zero attached hydrogens (tertiary/aromatic N) is 2. The fourth-order valence-electron chi connectivity index (χ4n) is 3.90. The molecule has 1 saturated heterocycles. The van der Waals surface area contributed by atoms with E-state index in [2.05, 4.69) is 26.1 Å². The van der Waals surface area contributed by atoms with E-state index in [0.29, 0.717) is 25.9 Å². The lowest BCUT2D eigenvalue weighted by Crippen LogP contribution is -2.55. The third-order valence-corrected chi connectivity index (χ3v) is 6.50. The summed E-state index contributed by atoms with van der Waals surface area (Å²) < 4.78 is 0. The van der Waals surface area contributed by atoms with E-state index in [1.54, 1.807) is 11.0 Å². The molecule has 1 aromatic carbocycles. The number of halogens is 2. The highest BCUT2D eigenvalue weighted by atomic mass is 35.5. The number of hydrogen-bond acceptors (Lipinski definition) is 6. The Hall–Kier alpha value is -3.15. The van der Waals surface area contributed by atoms with Crippen LogP contribution in [-0.4, -0.2) is 70.4 Å². The third kappa shape index (κ3) is 6.54. The number of carbonyl (C=O) groups is 4. The number of benzene rings is 1. The summed E-state index contributed by atoms with van der Waals surface area (Å²) in [5.41, 5.74) is 5.64. The maximum Gasteiger partial charge on any atom is 0.274 e. The molecule has 0 unspecified atom stereocenters. The monoisotopic (exact) mass is 537 g/mol. The molecular weight excluding hydrogens is 509 g/mol. The van der Waals surface area contributed by atoms with Crippen LogP contribution in [0.15, 0.2) is 24.4 Å². The first-order valence-corrected chi connectivity index (χ1v) is 12.3. The number of carbonyl (C=O) groups excluding carboxylic acids is 4. The van der Waals surface area contributed by atoms with E-state index in [0.717, 1.165) is 0 Å². The number of aromatic nitrogens is 2. The van der Waals surface area contributed by atoms with E-state index < -0.39 is 17.9 Å². The van der Waals surface area contributed by atoms with Gasteiger partial charge in [0.15, 0.2) is 5.69 Å². The number of likely N-dealkylation sites (tertiary alicyclic amines) is 1. The number of nitrogens with one attached hydrogen (secondary N) is 4. The number of piperidine rings is 1. The predicted molar refractivity (Wildman–Crippen MR) is 136 cm³/mol. The second-order valence-electron chi connectivity index (χ2n) is 8.76. The molecule has 1 aliphatic heterocycles. The zero-order valence-electron chi connectivity index (χ0n) is 19.9. The molecule has 36 heavy (non-hydrogen) atoms. The molecule has 194 valence electrons. The lowest BCUT2D eigenvalue weighted by atomic mass is 9.99. The van der Waals surface area contributed by atoms with E-state index in [1.807, 2.05) is 13.8 Å². The Morgan fingerprint density at radius 1 is 1.14 bits per heavy atom. The molecular formula is C23H29Cl2N7O4. The molecule has 1 aliphatic rings. The SMILES string of the molecule is CC(C)[C@H](NC(=O)CN)C(=O)N1CCC(NC(=O)c2n[nH]cc2NC(=O)c2c(Cl)cccc2Cl)CC1. The molecule has 4 amide bonds. The highest BCUT2D eigenvalue weighted by Gasteiger charge is 2.32. The minimum Gasteiger partial charge on any atom is -0.348 e. The molecule has 0 bridgehead atoms. The molecule has 0 radical (unpaired) electrons. The first-order chi connectivity index (χ1) is 17.1. The zero-order chi connectivity index (χ0) is 26.4. The Balaban J connectivity index is 1.58. The van der Waals surface area contributed by atoms with E-state index >= 15 is 0 Å². The highest BCUT2D eigenvalue weighted by molar-refractivity contribution is 6.40. The molecule has 3 rings (SSSR count). The number of aromatic amines is 1. The minimum atomic E-state index is -0.658. The maximum atomic E-state index is 12.9. The topological polar surface area (TPSA) is 162 Å². The van der Waals surface area contributed by atoms with Crippen molar-refractivity contribution in [3.05, 3.63) is 45.7 Å². The van der Waals surface area contributed by atoms with Crippen LogP contribution in [-0.2, 0) is 9.59 Å². The molecule has 6 N–H and O–H groups in total. The van der Waals surface area contributed by atoms with Crippen molar-refractivity contribution in [1.29, 1.82) is 0 Å². The quantitative estimate of drug-likeness (QED) is 0.344. The second kappa shape index (κ2) is 12.2. The summed E-state index contributed by atoms with van der Waals surface area (Å²) in [6.07, 6.45) is 2.43. The van der Waals surface area contributed by atoms with Gasteiger partial charge in [-0.25, -0.2) is 0 Å². The van der Waals surface area contributed by atoms with Gasteiger partial charge < -0.3 is 26.6 Å². The van der Waals surface area contributed by atoms with Crippen molar-refractivity contribution in [2.45, 2.75) is 38.8 Å². The Morgan fingerprint density at radius 2 is 1.78 bits per heavy atom. The number of amides is 4. The summed E-state index contributed by atoms with van der Waals surface area (Å²) in [6.45, 7) is 4.35. The maximum absolute atomic E-state index is 12.9. The molecule has 1 atom stereocenters. The van der Waals surface area contributed by atoms with Gasteiger partial charge in [0, 0.05) is 25.3 Å². The summed E-state index contributed by atoms with van der Waals surface area (Å²) in [6, 6.07) is 3.84. The van der Waals surface area contributed by atoms with E-state index in [9.17, 15) is 19.2 Å². The van der Waals surface area contributed by atoms with Gasteiger partial charge in [-0.1, -0.05) is 43.1 Å². The first-order valence-electron chi connectivity index (χ1n) is 11.5. The van der Waals surface area contributed by atoms with Crippen molar-refractivity contribution < 1.29 is 19.2 Å². The smallest absolute Gasteiger partial charge is 0.274 e. The van der Waals surface area contributed by atoms with Gasteiger partial charge in [-0.05, 0) is 30.9 Å². The predicted octanol–water partition coefficient (Wildman–Crippen LogP) is 1.79. The van der Waals surface area contributed by atoms with Crippen LogP contribution < -0.4 is 21.7 Å². The molecule has 11 nitrogen and oxygen atoms in total. The van der Waals surface area contributed by atoms with Crippen LogP contribution in [0.5, 0.6) is 0 Å². The number of anilines is 1. The Labute approximate surface area is 218 Å². The minimum absolute atomic E-state index is 0.00870. The summed E-state index contributed by atoms with van der Waals surface area (Å²) in [5, 5.41) is 15.1. The second-order valence-corrected chi connectivity index (χ2v) is 9.58. The van der Waals surface area contributed by atoms with Gasteiger partial charge in [0.05, 0.1) is 27.8 Å². The van der Waals surface area contributed by atoms with Crippen LogP contribution in [0.3, 0.4) is 0 Å². The summed E-state index contributed by atoms with van der Waals surface area (Å²) in [7, 11) is 0. The van der Waals surface area contributed by atoms with Crippen LogP contribution in [0.25, 0.3) is 0 Å². The lowest BCUT2D eigenvalue weighted by Gasteiger charge is -2.35. The molecule has 0 spiro atoms. The molecule has 0 saturated carbocycles. The van der Waals surface area contributed by atoms with Crippen molar-refractivity contribution in [2.75, 3.05) is 25.0 Å². The van der Waals surface area contributed by atoms with Gasteiger partial charge in [-0.15, -0.1) is 0 Å². The zero-order valence-corrected chi connectivity index (χ0v) is 21.4. The fraction of sp³-hybridized carbons (Fsp3) is 0.435. The van der Waals surface area contributed by atoms with Crippen LogP contribution >= 0.6 is 23.2 Å². The summed E-state index contributed by atoms with van der Waals surface area (Å²) >= 11 is 12.2. The Bertz CT molecular complexity index is 1110. The van der Waals surface area contributed by atoms with Crippen LogP contribution in [0.1, 0.15) is 47.5 Å². The van der Waals surface area contributed by atoms with Gasteiger partial charge >= 0.3 is 0 Å². The van der Waals surface area contributed by atoms with Crippen molar-refractivity contribution in [1.82, 2.24) is 25.7 Å². The van der Waals surface area contributed by atoms with E-state index in [4.69, 9.17) is 28.9 Å². The molecule has 2 aromatic rings. The fourth-order valence-corrected chi connectivity index (χ4v) is 4.47. The standard InChI is InChI=1S/C23H29Cl2N7O4/c1-12(2)19(30-17(33)10-26)23(36)32-8-6-13(7-9-32)28-22(35)20-16(11-27-31-20)29-21(34)18-14(24)4-3-5-15(18)25/h3-5,11-13,19H,6-10,26H2,1-2H3,(H,27,31)(H,28,35)(H,29,34)(H,30,33)/t19-/m0/s1. The third-order valence-electron chi connectivity index (χ3n) is 5.87. The lowest BCUT2D eigenvalue weighted by molar-refractivity contribution is -0.138. The average molecular weight is 538 g/mol. The van der Waals surface area contributed by atoms with Crippen molar-refractivity contribution in [3.8, 4) is 0 Å².